The van der Waals surface area contributed by atoms with Crippen LogP contribution in [0.5, 0.6) is 0 Å². The minimum Gasteiger partial charge on any atom is -0.469 e. The minimum atomic E-state index is -0.555. The molecule has 0 radical (unpaired) electrons. The number of nitrogens with zero attached hydrogens (tertiary/aromatic N) is 2. The molecule has 2 heterocycles. The summed E-state index contributed by atoms with van der Waals surface area (Å²) in [6.07, 6.45) is 6.04. The van der Waals surface area contributed by atoms with E-state index in [1.54, 1.807) is 18.8 Å². The molecule has 0 fully saturated rings. The van der Waals surface area contributed by atoms with E-state index < -0.39 is 6.10 Å². The highest BCUT2D eigenvalue weighted by atomic mass is 16.3. The molecule has 16 heavy (non-hydrogen) atoms. The Bertz CT molecular complexity index is 420. The van der Waals surface area contributed by atoms with E-state index in [-0.39, 0.29) is 0 Å². The van der Waals surface area contributed by atoms with E-state index in [0.717, 1.165) is 24.4 Å². The Balaban J connectivity index is 2.08. The lowest BCUT2D eigenvalue weighted by Gasteiger charge is -2.11. The minimum absolute atomic E-state index is 0.488. The number of imidazole rings is 1. The number of furan rings is 1. The molecule has 2 aromatic heterocycles. The second kappa shape index (κ2) is 4.99. The predicted octanol–water partition coefficient (Wildman–Crippen LogP) is 2.16. The number of hydrogen-bond donors (Lipinski definition) is 1. The number of aryl methyl sites for hydroxylation is 1. The zero-order valence-electron chi connectivity index (χ0n) is 9.34. The van der Waals surface area contributed by atoms with Crippen LogP contribution < -0.4 is 0 Å². The van der Waals surface area contributed by atoms with Crippen molar-refractivity contribution in [2.45, 2.75) is 32.4 Å². The van der Waals surface area contributed by atoms with E-state index >= 15 is 0 Å². The first kappa shape index (κ1) is 11.0. The Morgan fingerprint density at radius 3 is 3.12 bits per heavy atom. The summed E-state index contributed by atoms with van der Waals surface area (Å²) in [6.45, 7) is 2.98. The van der Waals surface area contributed by atoms with Gasteiger partial charge in [0.15, 0.2) is 0 Å². The van der Waals surface area contributed by atoms with Crippen molar-refractivity contribution in [3.8, 4) is 0 Å². The molecule has 1 N–H and O–H groups in total. The molecule has 0 aliphatic carbocycles. The van der Waals surface area contributed by atoms with Crippen molar-refractivity contribution in [2.24, 2.45) is 0 Å². The molecule has 4 nitrogen and oxygen atoms in total. The number of aromatic nitrogens is 2. The quantitative estimate of drug-likeness (QED) is 0.840. The fourth-order valence-corrected chi connectivity index (χ4v) is 1.76. The highest BCUT2D eigenvalue weighted by Gasteiger charge is 2.14. The Morgan fingerprint density at radius 2 is 2.44 bits per heavy atom. The van der Waals surface area contributed by atoms with Crippen LogP contribution in [-0.2, 0) is 13.0 Å². The Labute approximate surface area is 94.5 Å². The van der Waals surface area contributed by atoms with Crippen molar-refractivity contribution in [1.82, 2.24) is 9.55 Å². The monoisotopic (exact) mass is 220 g/mol. The largest absolute Gasteiger partial charge is 0.469 e. The maximum Gasteiger partial charge on any atom is 0.106 e. The summed E-state index contributed by atoms with van der Waals surface area (Å²) in [6, 6.07) is 3.69. The van der Waals surface area contributed by atoms with Gasteiger partial charge in [-0.05, 0) is 18.6 Å². The zero-order chi connectivity index (χ0) is 11.4. The van der Waals surface area contributed by atoms with Crippen LogP contribution in [-0.4, -0.2) is 14.7 Å². The lowest BCUT2D eigenvalue weighted by atomic mass is 10.1. The third-order valence-electron chi connectivity index (χ3n) is 2.53. The third kappa shape index (κ3) is 2.33. The SMILES string of the molecule is CCCn1cncc1C(O)Cc1ccco1. The van der Waals surface area contributed by atoms with Gasteiger partial charge in [-0.15, -0.1) is 0 Å². The van der Waals surface area contributed by atoms with Crippen LogP contribution in [0.15, 0.2) is 35.3 Å². The van der Waals surface area contributed by atoms with Crippen molar-refractivity contribution < 1.29 is 9.52 Å². The standard InChI is InChI=1S/C12H16N2O2/c1-2-5-14-9-13-8-11(14)12(15)7-10-4-3-6-16-10/h3-4,6,8-9,12,15H,2,5,7H2,1H3. The fraction of sp³-hybridized carbons (Fsp3) is 0.417. The fourth-order valence-electron chi connectivity index (χ4n) is 1.76. The maximum absolute atomic E-state index is 10.1. The summed E-state index contributed by atoms with van der Waals surface area (Å²) in [5.74, 6) is 0.789. The Morgan fingerprint density at radius 1 is 1.56 bits per heavy atom. The highest BCUT2D eigenvalue weighted by molar-refractivity contribution is 5.08. The lowest BCUT2D eigenvalue weighted by Crippen LogP contribution is -2.08. The van der Waals surface area contributed by atoms with Gasteiger partial charge in [0.1, 0.15) is 11.9 Å². The van der Waals surface area contributed by atoms with Crippen molar-refractivity contribution >= 4 is 0 Å². The smallest absolute Gasteiger partial charge is 0.106 e. The molecule has 0 spiro atoms. The van der Waals surface area contributed by atoms with Gasteiger partial charge in [-0.25, -0.2) is 4.98 Å². The van der Waals surface area contributed by atoms with Crippen LogP contribution in [0.1, 0.15) is 30.9 Å². The van der Waals surface area contributed by atoms with E-state index in [2.05, 4.69) is 11.9 Å². The van der Waals surface area contributed by atoms with Crippen LogP contribution in [0.2, 0.25) is 0 Å². The Kier molecular flexibility index (Phi) is 3.41. The first-order valence-electron chi connectivity index (χ1n) is 5.51. The molecule has 4 heteroatoms. The third-order valence-corrected chi connectivity index (χ3v) is 2.53. The number of aliphatic hydroxyl groups is 1. The van der Waals surface area contributed by atoms with Gasteiger partial charge < -0.3 is 14.1 Å². The second-order valence-electron chi connectivity index (χ2n) is 3.81. The number of hydrogen-bond acceptors (Lipinski definition) is 3. The van der Waals surface area contributed by atoms with Gasteiger partial charge >= 0.3 is 0 Å². The zero-order valence-corrected chi connectivity index (χ0v) is 9.34. The van der Waals surface area contributed by atoms with Crippen molar-refractivity contribution in [3.63, 3.8) is 0 Å². The molecule has 2 rings (SSSR count). The van der Waals surface area contributed by atoms with Gasteiger partial charge in [0.2, 0.25) is 0 Å². The van der Waals surface area contributed by atoms with Gasteiger partial charge in [0.05, 0.1) is 24.5 Å². The van der Waals surface area contributed by atoms with Gasteiger partial charge in [0, 0.05) is 13.0 Å². The average Bonchev–Trinajstić information content (AvgIpc) is 2.89. The molecule has 86 valence electrons. The molecule has 1 atom stereocenters. The van der Waals surface area contributed by atoms with E-state index in [1.165, 1.54) is 0 Å². The first-order chi connectivity index (χ1) is 7.81. The first-order valence-corrected chi connectivity index (χ1v) is 5.51. The molecule has 0 amide bonds. The molecular weight excluding hydrogens is 204 g/mol. The van der Waals surface area contributed by atoms with Crippen LogP contribution in [0.3, 0.4) is 0 Å². The van der Waals surface area contributed by atoms with Crippen LogP contribution in [0.25, 0.3) is 0 Å². The molecule has 0 saturated carbocycles. The van der Waals surface area contributed by atoms with E-state index in [4.69, 9.17) is 4.42 Å². The topological polar surface area (TPSA) is 51.2 Å². The molecule has 0 aromatic carbocycles. The molecule has 0 bridgehead atoms. The summed E-state index contributed by atoms with van der Waals surface area (Å²) >= 11 is 0. The maximum atomic E-state index is 10.1. The van der Waals surface area contributed by atoms with Gasteiger partial charge in [-0.3, -0.25) is 0 Å². The number of rotatable bonds is 5. The highest BCUT2D eigenvalue weighted by Crippen LogP contribution is 2.18. The summed E-state index contributed by atoms with van der Waals surface area (Å²) < 4.78 is 7.19. The van der Waals surface area contributed by atoms with E-state index in [9.17, 15) is 5.11 Å². The molecule has 0 aliphatic heterocycles. The summed E-state index contributed by atoms with van der Waals surface area (Å²) in [7, 11) is 0. The molecular formula is C12H16N2O2. The predicted molar refractivity (Wildman–Crippen MR) is 59.9 cm³/mol. The van der Waals surface area contributed by atoms with Crippen molar-refractivity contribution in [2.75, 3.05) is 0 Å². The number of aliphatic hydroxyl groups excluding tert-OH is 1. The lowest BCUT2D eigenvalue weighted by molar-refractivity contribution is 0.161. The molecule has 1 unspecified atom stereocenters. The van der Waals surface area contributed by atoms with E-state index in [1.807, 2.05) is 16.7 Å². The Hall–Kier alpha value is -1.55. The van der Waals surface area contributed by atoms with Gasteiger partial charge in [-0.1, -0.05) is 6.92 Å². The van der Waals surface area contributed by atoms with Crippen LogP contribution >= 0.6 is 0 Å². The van der Waals surface area contributed by atoms with Crippen molar-refractivity contribution in [3.05, 3.63) is 42.4 Å². The van der Waals surface area contributed by atoms with Crippen LogP contribution in [0, 0.1) is 0 Å². The summed E-state index contributed by atoms with van der Waals surface area (Å²) in [5.41, 5.74) is 0.846. The molecule has 0 aliphatic rings. The van der Waals surface area contributed by atoms with E-state index in [0.29, 0.717) is 6.42 Å². The molecule has 0 saturated heterocycles. The second-order valence-corrected chi connectivity index (χ2v) is 3.81. The van der Waals surface area contributed by atoms with Crippen molar-refractivity contribution in [1.29, 1.82) is 0 Å². The van der Waals surface area contributed by atoms with Crippen LogP contribution in [0.4, 0.5) is 0 Å². The summed E-state index contributed by atoms with van der Waals surface area (Å²) in [4.78, 5) is 4.06. The summed E-state index contributed by atoms with van der Waals surface area (Å²) in [5, 5.41) is 10.1. The van der Waals surface area contributed by atoms with Gasteiger partial charge in [0.25, 0.3) is 0 Å². The average molecular weight is 220 g/mol. The molecule has 2 aromatic rings. The normalized spacial score (nSPS) is 12.9. The van der Waals surface area contributed by atoms with Gasteiger partial charge in [-0.2, -0.15) is 0 Å².